The molecule has 1 aliphatic rings. The molecule has 1 saturated heterocycles. The highest BCUT2D eigenvalue weighted by Gasteiger charge is 2.48. The van der Waals surface area contributed by atoms with E-state index < -0.39 is 17.7 Å². The number of ketones is 1. The maximum Gasteiger partial charge on any atom is 0.301 e. The smallest absolute Gasteiger partial charge is 0.301 e. The Hall–Kier alpha value is -4.37. The van der Waals surface area contributed by atoms with Crippen LogP contribution in [0.4, 0.5) is 5.13 Å². The van der Waals surface area contributed by atoms with E-state index in [1.807, 2.05) is 49.4 Å². The zero-order chi connectivity index (χ0) is 28.2. The number of anilines is 1. The molecule has 1 unspecified atom stereocenters. The highest BCUT2D eigenvalue weighted by atomic mass is 32.1. The number of fused-ring (bicyclic) bond motifs is 1. The van der Waals surface area contributed by atoms with Crippen molar-refractivity contribution in [3.05, 3.63) is 83.4 Å². The van der Waals surface area contributed by atoms with Crippen molar-refractivity contribution in [3.8, 4) is 17.2 Å². The SMILES string of the molecule is CCCCOc1ccc(C2/C(=C(\O)c3ccc(OC)cc3)C(=O)C(=O)N2c2nc3ccc(OCC)cc3s2)cc1. The first-order chi connectivity index (χ1) is 19.4. The second-order valence-corrected chi connectivity index (χ2v) is 10.2. The summed E-state index contributed by atoms with van der Waals surface area (Å²) in [4.78, 5) is 33.1. The molecule has 0 saturated carbocycles. The van der Waals surface area contributed by atoms with Crippen molar-refractivity contribution in [2.75, 3.05) is 25.2 Å². The van der Waals surface area contributed by atoms with E-state index in [1.54, 1.807) is 31.4 Å². The van der Waals surface area contributed by atoms with Crippen molar-refractivity contribution in [2.45, 2.75) is 32.7 Å². The summed E-state index contributed by atoms with van der Waals surface area (Å²) in [5.74, 6) is 0.183. The summed E-state index contributed by atoms with van der Waals surface area (Å²) in [6.45, 7) is 5.12. The second kappa shape index (κ2) is 11.8. The van der Waals surface area contributed by atoms with Crippen LogP contribution < -0.4 is 19.1 Å². The number of benzene rings is 3. The van der Waals surface area contributed by atoms with E-state index in [9.17, 15) is 14.7 Å². The molecule has 1 N–H and O–H groups in total. The fourth-order valence-corrected chi connectivity index (χ4v) is 5.60. The van der Waals surface area contributed by atoms with Crippen molar-refractivity contribution in [2.24, 2.45) is 0 Å². The molecule has 1 aromatic heterocycles. The van der Waals surface area contributed by atoms with Crippen molar-refractivity contribution < 1.29 is 28.9 Å². The zero-order valence-electron chi connectivity index (χ0n) is 22.5. The fourth-order valence-electron chi connectivity index (χ4n) is 4.58. The molecule has 5 rings (SSSR count). The van der Waals surface area contributed by atoms with Crippen molar-refractivity contribution in [1.82, 2.24) is 4.98 Å². The Kier molecular flexibility index (Phi) is 8.02. The summed E-state index contributed by atoms with van der Waals surface area (Å²) < 4.78 is 17.5. The van der Waals surface area contributed by atoms with E-state index in [4.69, 9.17) is 14.2 Å². The summed E-state index contributed by atoms with van der Waals surface area (Å²) in [5, 5.41) is 11.7. The molecular formula is C31H30N2O6S. The molecule has 1 atom stereocenters. The highest BCUT2D eigenvalue weighted by Crippen LogP contribution is 2.45. The van der Waals surface area contributed by atoms with Crippen molar-refractivity contribution >= 4 is 44.1 Å². The predicted molar refractivity (Wildman–Crippen MR) is 155 cm³/mol. The fraction of sp³-hybridized carbons (Fsp3) is 0.258. The molecule has 2 heterocycles. The minimum absolute atomic E-state index is 0.0101. The Morgan fingerprint density at radius 1 is 0.950 bits per heavy atom. The van der Waals surface area contributed by atoms with Crippen LogP contribution in [0.15, 0.2) is 72.3 Å². The maximum absolute atomic E-state index is 13.6. The summed E-state index contributed by atoms with van der Waals surface area (Å²) >= 11 is 1.29. The van der Waals surface area contributed by atoms with Crippen LogP contribution in [0.25, 0.3) is 16.0 Å². The number of aliphatic hydroxyl groups is 1. The number of nitrogens with zero attached hydrogens (tertiary/aromatic N) is 2. The number of Topliss-reactive ketones (excluding diaryl/α,β-unsaturated/α-hetero) is 1. The Morgan fingerprint density at radius 2 is 1.65 bits per heavy atom. The van der Waals surface area contributed by atoms with Gasteiger partial charge in [-0.1, -0.05) is 36.8 Å². The van der Waals surface area contributed by atoms with Gasteiger partial charge in [0.2, 0.25) is 0 Å². The number of ether oxygens (including phenoxy) is 3. The van der Waals surface area contributed by atoms with Gasteiger partial charge in [0, 0.05) is 5.56 Å². The average molecular weight is 559 g/mol. The van der Waals surface area contributed by atoms with Crippen LogP contribution in [-0.4, -0.2) is 42.1 Å². The molecule has 3 aromatic carbocycles. The lowest BCUT2D eigenvalue weighted by Crippen LogP contribution is -2.29. The van der Waals surface area contributed by atoms with Gasteiger partial charge in [-0.25, -0.2) is 4.98 Å². The first-order valence-electron chi connectivity index (χ1n) is 13.2. The number of thiazole rings is 1. The molecule has 9 heteroatoms. The molecule has 1 amide bonds. The third-order valence-corrected chi connectivity index (χ3v) is 7.65. The summed E-state index contributed by atoms with van der Waals surface area (Å²) in [5.41, 5.74) is 1.71. The summed E-state index contributed by atoms with van der Waals surface area (Å²) in [6.07, 6.45) is 1.96. The minimum atomic E-state index is -0.890. The van der Waals surface area contributed by atoms with Crippen LogP contribution in [0, 0.1) is 0 Å². The number of amides is 1. The molecule has 206 valence electrons. The number of carbonyl (C=O) groups excluding carboxylic acids is 2. The maximum atomic E-state index is 13.6. The number of unbranched alkanes of at least 4 members (excludes halogenated alkanes) is 1. The van der Waals surface area contributed by atoms with Gasteiger partial charge in [-0.2, -0.15) is 0 Å². The van der Waals surface area contributed by atoms with E-state index in [1.165, 1.54) is 16.2 Å². The van der Waals surface area contributed by atoms with Gasteiger partial charge < -0.3 is 19.3 Å². The topological polar surface area (TPSA) is 98.2 Å². The predicted octanol–water partition coefficient (Wildman–Crippen LogP) is 6.51. The number of rotatable bonds is 10. The van der Waals surface area contributed by atoms with E-state index in [-0.39, 0.29) is 11.3 Å². The Morgan fingerprint density at radius 3 is 2.33 bits per heavy atom. The number of hydrogen-bond acceptors (Lipinski definition) is 8. The van der Waals surface area contributed by atoms with Gasteiger partial charge in [-0.3, -0.25) is 14.5 Å². The van der Waals surface area contributed by atoms with Gasteiger partial charge in [-0.15, -0.1) is 0 Å². The number of aromatic nitrogens is 1. The van der Waals surface area contributed by atoms with Gasteiger partial charge in [0.1, 0.15) is 23.0 Å². The normalized spacial score (nSPS) is 16.5. The van der Waals surface area contributed by atoms with Crippen LogP contribution in [0.1, 0.15) is 43.9 Å². The molecule has 0 spiro atoms. The van der Waals surface area contributed by atoms with Crippen molar-refractivity contribution in [3.63, 3.8) is 0 Å². The minimum Gasteiger partial charge on any atom is -0.507 e. The number of hydrogen-bond donors (Lipinski definition) is 1. The first kappa shape index (κ1) is 27.2. The standard InChI is InChI=1S/C31H30N2O6S/c1-4-6-17-39-22-13-7-19(8-14-22)27-26(28(34)20-9-11-21(37-3)12-10-20)29(35)30(36)33(27)31-32-24-16-15-23(38-5-2)18-25(24)40-31/h7-16,18,27,34H,4-6,17H2,1-3H3/b28-26+. The zero-order valence-corrected chi connectivity index (χ0v) is 23.4. The summed E-state index contributed by atoms with van der Waals surface area (Å²) in [6, 6.07) is 18.5. The van der Waals surface area contributed by atoms with Crippen molar-refractivity contribution in [1.29, 1.82) is 0 Å². The van der Waals surface area contributed by atoms with Crippen LogP contribution in [-0.2, 0) is 9.59 Å². The summed E-state index contributed by atoms with van der Waals surface area (Å²) in [7, 11) is 1.55. The van der Waals surface area contributed by atoms with Crippen LogP contribution in [0.3, 0.4) is 0 Å². The molecule has 8 nitrogen and oxygen atoms in total. The van der Waals surface area contributed by atoms with E-state index in [0.717, 1.165) is 17.5 Å². The number of aliphatic hydroxyl groups excluding tert-OH is 1. The molecule has 0 radical (unpaired) electrons. The molecule has 40 heavy (non-hydrogen) atoms. The molecule has 0 aliphatic carbocycles. The van der Waals surface area contributed by atoms with Gasteiger partial charge in [0.25, 0.3) is 5.78 Å². The average Bonchev–Trinajstić information content (AvgIpc) is 3.51. The van der Waals surface area contributed by atoms with Crippen LogP contribution in [0.5, 0.6) is 17.2 Å². The highest BCUT2D eigenvalue weighted by molar-refractivity contribution is 7.22. The quantitative estimate of drug-likeness (QED) is 0.103. The third-order valence-electron chi connectivity index (χ3n) is 6.64. The van der Waals surface area contributed by atoms with E-state index >= 15 is 0 Å². The van der Waals surface area contributed by atoms with Gasteiger partial charge in [0.15, 0.2) is 5.13 Å². The molecule has 1 fully saturated rings. The van der Waals surface area contributed by atoms with Gasteiger partial charge in [0.05, 0.1) is 42.2 Å². The van der Waals surface area contributed by atoms with Gasteiger partial charge in [-0.05, 0) is 73.5 Å². The molecule has 1 aliphatic heterocycles. The van der Waals surface area contributed by atoms with E-state index in [0.29, 0.717) is 52.2 Å². The number of carbonyl (C=O) groups is 2. The lowest BCUT2D eigenvalue weighted by atomic mass is 9.95. The first-order valence-corrected chi connectivity index (χ1v) is 14.0. The molecule has 4 aromatic rings. The van der Waals surface area contributed by atoms with Gasteiger partial charge >= 0.3 is 5.91 Å². The Bertz CT molecular complexity index is 1560. The lowest BCUT2D eigenvalue weighted by Gasteiger charge is -2.23. The molecular weight excluding hydrogens is 528 g/mol. The Balaban J connectivity index is 1.61. The van der Waals surface area contributed by atoms with Crippen LogP contribution in [0.2, 0.25) is 0 Å². The lowest BCUT2D eigenvalue weighted by molar-refractivity contribution is -0.132. The Labute approximate surface area is 236 Å². The molecule has 0 bridgehead atoms. The van der Waals surface area contributed by atoms with Crippen LogP contribution >= 0.6 is 11.3 Å². The third kappa shape index (κ3) is 5.24. The van der Waals surface area contributed by atoms with E-state index in [2.05, 4.69) is 11.9 Å². The monoisotopic (exact) mass is 558 g/mol. The largest absolute Gasteiger partial charge is 0.507 e. The second-order valence-electron chi connectivity index (χ2n) is 9.23. The number of methoxy groups -OCH3 is 1.